The highest BCUT2D eigenvalue weighted by Crippen LogP contribution is 2.37. The van der Waals surface area contributed by atoms with Crippen molar-refractivity contribution < 1.29 is 22.0 Å². The first kappa shape index (κ1) is 21.9. The van der Waals surface area contributed by atoms with Crippen LogP contribution in [0.2, 0.25) is 0 Å². The van der Waals surface area contributed by atoms with Gasteiger partial charge in [-0.3, -0.25) is 0 Å². The Morgan fingerprint density at radius 1 is 1.09 bits per heavy atom. The Morgan fingerprint density at radius 3 is 2.53 bits per heavy atom. The van der Waals surface area contributed by atoms with E-state index in [-0.39, 0.29) is 12.5 Å². The first-order valence-corrected chi connectivity index (χ1v) is 9.73. The number of pyridine rings is 1. The molecule has 4 aromatic rings. The van der Waals surface area contributed by atoms with Crippen molar-refractivity contribution in [2.45, 2.75) is 39.9 Å². The van der Waals surface area contributed by atoms with Gasteiger partial charge in [-0.2, -0.15) is 13.2 Å². The summed E-state index contributed by atoms with van der Waals surface area (Å²) in [6.45, 7) is 2.95. The Bertz CT molecular complexity index is 1270. The zero-order valence-corrected chi connectivity index (χ0v) is 17.5. The molecular weight excluding hydrogens is 433 g/mol. The van der Waals surface area contributed by atoms with Gasteiger partial charge in [0.15, 0.2) is 5.65 Å². The van der Waals surface area contributed by atoms with Gasteiger partial charge in [0.25, 0.3) is 6.43 Å². The number of rotatable bonds is 6. The van der Waals surface area contributed by atoms with Crippen LogP contribution in [0.25, 0.3) is 27.8 Å². The Kier molecular flexibility index (Phi) is 5.25. The van der Waals surface area contributed by atoms with Crippen molar-refractivity contribution >= 4 is 22.6 Å². The lowest BCUT2D eigenvalue weighted by molar-refractivity contribution is -0.206. The summed E-state index contributed by atoms with van der Waals surface area (Å²) in [4.78, 5) is 12.6. The lowest BCUT2D eigenvalue weighted by Gasteiger charge is -2.27. The van der Waals surface area contributed by atoms with Crippen LogP contribution in [-0.2, 0) is 6.54 Å². The third kappa shape index (κ3) is 3.96. The third-order valence-corrected chi connectivity index (χ3v) is 5.30. The SMILES string of the molecule is Cc1nc2ncc(-c3ccn4nc(NCC(C)(C)C(F)(F)F)ncc34)cc2n1CC(F)F. The van der Waals surface area contributed by atoms with Crippen molar-refractivity contribution in [2.24, 2.45) is 5.41 Å². The number of fused-ring (bicyclic) bond motifs is 2. The second kappa shape index (κ2) is 7.68. The van der Waals surface area contributed by atoms with E-state index >= 15 is 0 Å². The molecule has 4 heterocycles. The summed E-state index contributed by atoms with van der Waals surface area (Å²) < 4.78 is 68.0. The summed E-state index contributed by atoms with van der Waals surface area (Å²) in [5, 5.41) is 6.85. The minimum Gasteiger partial charge on any atom is -0.352 e. The number of hydrogen-bond acceptors (Lipinski definition) is 5. The predicted molar refractivity (Wildman–Crippen MR) is 109 cm³/mol. The molecule has 170 valence electrons. The van der Waals surface area contributed by atoms with E-state index < -0.39 is 24.6 Å². The van der Waals surface area contributed by atoms with Gasteiger partial charge < -0.3 is 9.88 Å². The van der Waals surface area contributed by atoms with Crippen LogP contribution in [0.15, 0.2) is 30.7 Å². The number of halogens is 5. The van der Waals surface area contributed by atoms with E-state index in [0.29, 0.717) is 33.6 Å². The number of imidazole rings is 1. The zero-order valence-electron chi connectivity index (χ0n) is 17.5. The van der Waals surface area contributed by atoms with Crippen LogP contribution < -0.4 is 5.32 Å². The van der Waals surface area contributed by atoms with Crippen LogP contribution in [0.4, 0.5) is 27.9 Å². The Balaban J connectivity index is 1.65. The predicted octanol–water partition coefficient (Wildman–Crippen LogP) is 4.71. The maximum atomic E-state index is 13.1. The van der Waals surface area contributed by atoms with Gasteiger partial charge in [-0.25, -0.2) is 28.2 Å². The molecule has 4 rings (SSSR count). The fourth-order valence-corrected chi connectivity index (χ4v) is 3.26. The standard InChI is InChI=1S/C20H20F5N7/c1-11-29-17-14(31(11)9-16(21)22)6-12(7-26-17)13-4-5-32-15(13)8-27-18(30-32)28-10-19(2,3)20(23,24)25/h4-8,16H,9-10H2,1-3H3,(H,28,30). The van der Waals surface area contributed by atoms with Crippen molar-refractivity contribution in [3.63, 3.8) is 0 Å². The minimum absolute atomic E-state index is 0.0520. The molecule has 0 saturated heterocycles. The first-order valence-electron chi connectivity index (χ1n) is 9.73. The molecule has 0 aromatic carbocycles. The maximum absolute atomic E-state index is 13.1. The van der Waals surface area contributed by atoms with Crippen molar-refractivity contribution in [3.05, 3.63) is 36.5 Å². The van der Waals surface area contributed by atoms with Crippen molar-refractivity contribution in [3.8, 4) is 11.1 Å². The highest BCUT2D eigenvalue weighted by atomic mass is 19.4. The van der Waals surface area contributed by atoms with Gasteiger partial charge in [-0.15, -0.1) is 5.10 Å². The molecule has 0 amide bonds. The molecule has 0 saturated carbocycles. The summed E-state index contributed by atoms with van der Waals surface area (Å²) >= 11 is 0. The molecule has 4 aromatic heterocycles. The fourth-order valence-electron chi connectivity index (χ4n) is 3.26. The molecule has 0 aliphatic rings. The largest absolute Gasteiger partial charge is 0.395 e. The van der Waals surface area contributed by atoms with Crippen molar-refractivity contribution in [2.75, 3.05) is 11.9 Å². The second-order valence-corrected chi connectivity index (χ2v) is 8.10. The molecule has 0 radical (unpaired) electrons. The lowest BCUT2D eigenvalue weighted by Crippen LogP contribution is -2.38. The average Bonchev–Trinajstić information content (AvgIpc) is 3.25. The summed E-state index contributed by atoms with van der Waals surface area (Å²) in [5.41, 5.74) is 0.831. The van der Waals surface area contributed by atoms with Gasteiger partial charge in [0.05, 0.1) is 29.2 Å². The number of nitrogens with one attached hydrogen (secondary N) is 1. The van der Waals surface area contributed by atoms with E-state index in [1.54, 1.807) is 31.5 Å². The molecule has 0 spiro atoms. The number of aromatic nitrogens is 6. The molecule has 0 aliphatic carbocycles. The molecule has 0 atom stereocenters. The molecule has 0 aliphatic heterocycles. The molecule has 0 fully saturated rings. The number of hydrogen-bond donors (Lipinski definition) is 1. The maximum Gasteiger partial charge on any atom is 0.395 e. The zero-order chi connectivity index (χ0) is 23.3. The fraction of sp³-hybridized carbons (Fsp3) is 0.400. The van der Waals surface area contributed by atoms with Crippen molar-refractivity contribution in [1.29, 1.82) is 0 Å². The van der Waals surface area contributed by atoms with E-state index in [2.05, 4.69) is 25.4 Å². The highest BCUT2D eigenvalue weighted by Gasteiger charge is 2.47. The van der Waals surface area contributed by atoms with Crippen LogP contribution in [-0.4, -0.2) is 48.3 Å². The van der Waals surface area contributed by atoms with Crippen LogP contribution in [0.3, 0.4) is 0 Å². The smallest absolute Gasteiger partial charge is 0.352 e. The molecule has 32 heavy (non-hydrogen) atoms. The number of anilines is 1. The third-order valence-electron chi connectivity index (χ3n) is 5.30. The first-order chi connectivity index (χ1) is 15.0. The van der Waals surface area contributed by atoms with Crippen LogP contribution in [0, 0.1) is 12.3 Å². The van der Waals surface area contributed by atoms with E-state index in [0.717, 1.165) is 13.8 Å². The normalized spacial score (nSPS) is 12.9. The van der Waals surface area contributed by atoms with E-state index in [1.807, 2.05) is 0 Å². The van der Waals surface area contributed by atoms with Gasteiger partial charge in [0.2, 0.25) is 5.95 Å². The highest BCUT2D eigenvalue weighted by molar-refractivity contribution is 5.85. The van der Waals surface area contributed by atoms with Crippen molar-refractivity contribution in [1.82, 2.24) is 29.1 Å². The van der Waals surface area contributed by atoms with E-state index in [1.165, 1.54) is 15.3 Å². The topological polar surface area (TPSA) is 72.9 Å². The van der Waals surface area contributed by atoms with Gasteiger partial charge in [-0.1, -0.05) is 0 Å². The van der Waals surface area contributed by atoms with Crippen LogP contribution >= 0.6 is 0 Å². The molecule has 7 nitrogen and oxygen atoms in total. The Morgan fingerprint density at radius 2 is 1.84 bits per heavy atom. The number of aryl methyl sites for hydroxylation is 1. The molecular formula is C20H20F5N7. The molecule has 12 heteroatoms. The summed E-state index contributed by atoms with van der Waals surface area (Å²) in [7, 11) is 0. The summed E-state index contributed by atoms with van der Waals surface area (Å²) in [5.74, 6) is 0.490. The summed E-state index contributed by atoms with van der Waals surface area (Å²) in [6, 6.07) is 3.47. The monoisotopic (exact) mass is 453 g/mol. The Labute approximate surface area is 179 Å². The van der Waals surface area contributed by atoms with Gasteiger partial charge in [-0.05, 0) is 32.9 Å². The van der Waals surface area contributed by atoms with Gasteiger partial charge in [0, 0.05) is 30.1 Å². The van der Waals surface area contributed by atoms with Gasteiger partial charge >= 0.3 is 6.18 Å². The molecule has 0 unspecified atom stereocenters. The van der Waals surface area contributed by atoms with E-state index in [4.69, 9.17) is 0 Å². The quantitative estimate of drug-likeness (QED) is 0.428. The Hall–Kier alpha value is -3.31. The van der Waals surface area contributed by atoms with Gasteiger partial charge in [0.1, 0.15) is 5.82 Å². The average molecular weight is 453 g/mol. The minimum atomic E-state index is -4.37. The van der Waals surface area contributed by atoms with Crippen LogP contribution in [0.5, 0.6) is 0 Å². The lowest BCUT2D eigenvalue weighted by atomic mass is 9.93. The summed E-state index contributed by atoms with van der Waals surface area (Å²) in [6.07, 6.45) is -2.21. The van der Waals surface area contributed by atoms with E-state index in [9.17, 15) is 22.0 Å². The second-order valence-electron chi connectivity index (χ2n) is 8.10. The van der Waals surface area contributed by atoms with Crippen LogP contribution in [0.1, 0.15) is 19.7 Å². The molecule has 1 N–H and O–H groups in total. The molecule has 0 bridgehead atoms. The number of alkyl halides is 5. The number of nitrogens with zero attached hydrogens (tertiary/aromatic N) is 6.